The monoisotopic (exact) mass is 860 g/mol. The Morgan fingerprint density at radius 1 is 0.488 bits per heavy atom. The first kappa shape index (κ1) is 40.8. The first-order chi connectivity index (χ1) is 19.1. The molecular formula is C29H36Br4O10. The quantitative estimate of drug-likeness (QED) is 0.145. The Bertz CT molecular complexity index is 1140. The number of Topliss-reactive ketones (excluding diaryl/α,β-unsaturated/α-hetero) is 1. The average molecular weight is 864 g/mol. The summed E-state index contributed by atoms with van der Waals surface area (Å²) in [6.07, 6.45) is 0. The third-order valence-electron chi connectivity index (χ3n) is 4.67. The fourth-order valence-corrected chi connectivity index (χ4v) is 2.23. The van der Waals surface area contributed by atoms with Gasteiger partial charge >= 0.3 is 17.9 Å². The first-order valence-corrected chi connectivity index (χ1v) is 15.6. The van der Waals surface area contributed by atoms with Crippen molar-refractivity contribution in [1.29, 1.82) is 0 Å². The number of carbonyl (C=O) groups excluding carboxylic acids is 4. The Morgan fingerprint density at radius 3 is 0.814 bits per heavy atom. The topological polar surface area (TPSA) is 157 Å². The Balaban J connectivity index is 0.000000890. The zero-order valence-electron chi connectivity index (χ0n) is 25.2. The number of ketones is 1. The van der Waals surface area contributed by atoms with Crippen molar-refractivity contribution < 1.29 is 48.7 Å². The minimum atomic E-state index is -0.924. The van der Waals surface area contributed by atoms with Crippen LogP contribution in [0.25, 0.3) is 0 Å². The van der Waals surface area contributed by atoms with Gasteiger partial charge in [-0.2, -0.15) is 0 Å². The van der Waals surface area contributed by atoms with Crippen LogP contribution in [0.3, 0.4) is 0 Å². The van der Waals surface area contributed by atoms with Gasteiger partial charge in [-0.15, -0.1) is 0 Å². The Labute approximate surface area is 285 Å². The number of rotatable bonds is 7. The molecule has 3 N–H and O–H groups in total. The van der Waals surface area contributed by atoms with E-state index in [2.05, 4.69) is 63.7 Å². The predicted octanol–water partition coefficient (Wildman–Crippen LogP) is 7.48. The minimum Gasteiger partial charge on any atom is -0.508 e. The number of alkyl halides is 4. The third-order valence-corrected chi connectivity index (χ3v) is 6.20. The molecule has 0 heterocycles. The van der Waals surface area contributed by atoms with Crippen LogP contribution in [0.2, 0.25) is 0 Å². The molecule has 0 aliphatic rings. The van der Waals surface area contributed by atoms with Gasteiger partial charge in [0.1, 0.15) is 53.3 Å². The van der Waals surface area contributed by atoms with Crippen LogP contribution in [-0.2, 0) is 19.2 Å². The minimum absolute atomic E-state index is 0.0698. The summed E-state index contributed by atoms with van der Waals surface area (Å²) in [5.74, 6) is -1.76. The molecule has 0 spiro atoms. The van der Waals surface area contributed by atoms with Gasteiger partial charge in [0.25, 0.3) is 0 Å². The van der Waals surface area contributed by atoms with E-state index in [1.54, 1.807) is 48.5 Å². The van der Waals surface area contributed by atoms with Crippen molar-refractivity contribution >= 4 is 87.4 Å². The number of aromatic hydroxyl groups is 3. The molecule has 43 heavy (non-hydrogen) atoms. The van der Waals surface area contributed by atoms with E-state index in [0.29, 0.717) is 0 Å². The van der Waals surface area contributed by atoms with Crippen LogP contribution in [-0.4, -0.2) is 56.3 Å². The van der Waals surface area contributed by atoms with Crippen molar-refractivity contribution in [2.45, 2.75) is 79.6 Å². The highest BCUT2D eigenvalue weighted by atomic mass is 79.9. The summed E-state index contributed by atoms with van der Waals surface area (Å²) in [7, 11) is 0. The van der Waals surface area contributed by atoms with Gasteiger partial charge in [0.2, 0.25) is 0 Å². The summed E-state index contributed by atoms with van der Waals surface area (Å²) in [5.41, 5.74) is 0. The second kappa shape index (κ2) is 16.2. The van der Waals surface area contributed by atoms with Crippen LogP contribution in [0.1, 0.15) is 62.3 Å². The van der Waals surface area contributed by atoms with E-state index < -0.39 is 30.9 Å². The van der Waals surface area contributed by atoms with Crippen LogP contribution in [0, 0.1) is 0 Å². The van der Waals surface area contributed by atoms with Crippen molar-refractivity contribution in [1.82, 2.24) is 0 Å². The van der Waals surface area contributed by atoms with Crippen molar-refractivity contribution in [2.24, 2.45) is 0 Å². The Morgan fingerprint density at radius 2 is 0.674 bits per heavy atom. The zero-order chi connectivity index (χ0) is 34.1. The van der Waals surface area contributed by atoms with E-state index in [-0.39, 0.29) is 44.6 Å². The number of hydrogen-bond donors (Lipinski definition) is 3. The molecule has 0 atom stereocenters. The highest BCUT2D eigenvalue weighted by molar-refractivity contribution is 9.10. The number of hydrogen-bond acceptors (Lipinski definition) is 10. The van der Waals surface area contributed by atoms with E-state index in [0.717, 1.165) is 18.2 Å². The molecule has 0 unspecified atom stereocenters. The average Bonchev–Trinajstić information content (AvgIpc) is 2.76. The maximum Gasteiger partial charge on any atom is 0.327 e. The molecule has 0 saturated heterocycles. The summed E-state index contributed by atoms with van der Waals surface area (Å²) in [4.78, 5) is 46.8. The summed E-state index contributed by atoms with van der Waals surface area (Å²) in [6.45, 7) is 15.0. The Kier molecular flexibility index (Phi) is 15.4. The molecule has 0 aromatic heterocycles. The fourth-order valence-electron chi connectivity index (χ4n) is 1.99. The van der Waals surface area contributed by atoms with Gasteiger partial charge in [-0.25, -0.2) is 0 Å². The second-order valence-corrected chi connectivity index (χ2v) is 18.9. The van der Waals surface area contributed by atoms with Crippen LogP contribution < -0.4 is 14.2 Å². The molecule has 0 aliphatic heterocycles. The molecule has 0 fully saturated rings. The molecular weight excluding hydrogens is 828 g/mol. The van der Waals surface area contributed by atoms with E-state index in [4.69, 9.17) is 29.5 Å². The first-order valence-electron chi connectivity index (χ1n) is 12.4. The van der Waals surface area contributed by atoms with E-state index >= 15 is 0 Å². The van der Waals surface area contributed by atoms with Crippen molar-refractivity contribution in [3.63, 3.8) is 0 Å². The molecule has 0 amide bonds. The summed E-state index contributed by atoms with van der Waals surface area (Å²) >= 11 is 12.8. The van der Waals surface area contributed by atoms with Gasteiger partial charge in [-0.05, 0) is 62.3 Å². The zero-order valence-corrected chi connectivity index (χ0v) is 31.5. The lowest BCUT2D eigenvalue weighted by molar-refractivity contribution is -0.136. The Hall–Kier alpha value is -2.16. The highest BCUT2D eigenvalue weighted by Gasteiger charge is 2.30. The van der Waals surface area contributed by atoms with Crippen LogP contribution in [0.5, 0.6) is 34.5 Å². The smallest absolute Gasteiger partial charge is 0.327 e. The normalized spacial score (nSPS) is 11.6. The SMILES string of the molecule is CC(=O)C(C)(C)Br.CC(C)(Br)C(=O)Oc1cc(OC(=O)C(C)(C)Br)cc(OC(=O)C(C)(C)Br)c1.Oc1cc(O)cc(O)c1. The lowest BCUT2D eigenvalue weighted by atomic mass is 10.1. The van der Waals surface area contributed by atoms with E-state index in [1.807, 2.05) is 13.8 Å². The van der Waals surface area contributed by atoms with E-state index in [1.165, 1.54) is 18.2 Å². The van der Waals surface area contributed by atoms with E-state index in [9.17, 15) is 19.2 Å². The maximum absolute atomic E-state index is 12.1. The van der Waals surface area contributed by atoms with Crippen LogP contribution in [0.4, 0.5) is 0 Å². The highest BCUT2D eigenvalue weighted by Crippen LogP contribution is 2.32. The van der Waals surface area contributed by atoms with Gasteiger partial charge in [-0.3, -0.25) is 19.2 Å². The number of ether oxygens (including phenoxy) is 3. The summed E-state index contributed by atoms with van der Waals surface area (Å²) in [6, 6.07) is 7.51. The molecule has 0 aliphatic carbocycles. The van der Waals surface area contributed by atoms with Crippen LogP contribution in [0.15, 0.2) is 36.4 Å². The van der Waals surface area contributed by atoms with Gasteiger partial charge < -0.3 is 29.5 Å². The largest absolute Gasteiger partial charge is 0.508 e. The second-order valence-electron chi connectivity index (χ2n) is 11.0. The molecule has 0 saturated carbocycles. The number of benzene rings is 2. The summed E-state index contributed by atoms with van der Waals surface area (Å²) < 4.78 is 12.8. The number of carbonyl (C=O) groups is 4. The lowest BCUT2D eigenvalue weighted by Gasteiger charge is -2.19. The van der Waals surface area contributed by atoms with Crippen molar-refractivity contribution in [3.8, 4) is 34.5 Å². The van der Waals surface area contributed by atoms with Crippen LogP contribution >= 0.6 is 63.7 Å². The number of esters is 3. The number of phenols is 3. The molecule has 0 radical (unpaired) electrons. The third kappa shape index (κ3) is 17.1. The van der Waals surface area contributed by atoms with Gasteiger partial charge in [0, 0.05) is 36.4 Å². The van der Waals surface area contributed by atoms with Crippen molar-refractivity contribution in [2.75, 3.05) is 0 Å². The standard InChI is InChI=1S/C18H21Br3O6.C6H6O3.C5H9BrO/c1-16(2,19)13(22)25-10-7-11(26-14(23)17(3,4)20)9-12(8-10)27-15(24)18(5,6)21;7-4-1-5(8)3-6(9)2-4;1-4(7)5(2,3)6/h7-9H,1-6H3;1-3,7-9H;1-3H3. The predicted molar refractivity (Wildman–Crippen MR) is 177 cm³/mol. The number of halogens is 4. The van der Waals surface area contributed by atoms with Gasteiger partial charge in [-0.1, -0.05) is 63.7 Å². The van der Waals surface area contributed by atoms with Gasteiger partial charge in [0.15, 0.2) is 0 Å². The fraction of sp³-hybridized carbons (Fsp3) is 0.448. The maximum atomic E-state index is 12.1. The summed E-state index contributed by atoms with van der Waals surface area (Å²) in [5, 5.41) is 26.0. The van der Waals surface area contributed by atoms with Gasteiger partial charge in [0.05, 0.1) is 4.32 Å². The molecule has 2 aromatic rings. The molecule has 240 valence electrons. The molecule has 2 aromatic carbocycles. The van der Waals surface area contributed by atoms with Crippen molar-refractivity contribution in [3.05, 3.63) is 36.4 Å². The number of phenolic OH excluding ortho intramolecular Hbond substituents is 3. The lowest BCUT2D eigenvalue weighted by Crippen LogP contribution is -2.30. The molecule has 14 heteroatoms. The molecule has 2 rings (SSSR count). The molecule has 0 bridgehead atoms. The molecule has 10 nitrogen and oxygen atoms in total.